The van der Waals surface area contributed by atoms with Crippen molar-refractivity contribution in [3.05, 3.63) is 83.4 Å². The summed E-state index contributed by atoms with van der Waals surface area (Å²) in [6, 6.07) is 18.6. The van der Waals surface area contributed by atoms with Gasteiger partial charge in [-0.2, -0.15) is 0 Å². The quantitative estimate of drug-likeness (QED) is 0.637. The molecule has 0 aromatic heterocycles. The summed E-state index contributed by atoms with van der Waals surface area (Å²) >= 11 is 0. The van der Waals surface area contributed by atoms with Gasteiger partial charge in [-0.25, -0.2) is 8.42 Å². The molecule has 27 heavy (non-hydrogen) atoms. The zero-order valence-corrected chi connectivity index (χ0v) is 15.9. The average molecular weight is 380 g/mol. The molecule has 6 heteroatoms. The summed E-state index contributed by atoms with van der Waals surface area (Å²) in [6.07, 6.45) is 1.53. The molecule has 0 spiro atoms. The summed E-state index contributed by atoms with van der Waals surface area (Å²) in [7, 11) is -3.68. The number of nitrogens with one attached hydrogen (secondary N) is 1. The molecular weight excluding hydrogens is 360 g/mol. The lowest BCUT2D eigenvalue weighted by molar-refractivity contribution is 0.474. The van der Waals surface area contributed by atoms with Crippen LogP contribution in [0.25, 0.3) is 0 Å². The number of benzene rings is 3. The number of hydrogen-bond acceptors (Lipinski definition) is 4. The van der Waals surface area contributed by atoms with Crippen molar-refractivity contribution in [1.82, 2.24) is 0 Å². The number of nitrogens with zero attached hydrogens (tertiary/aromatic N) is 1. The van der Waals surface area contributed by atoms with Crippen LogP contribution >= 0.6 is 0 Å². The fourth-order valence-corrected chi connectivity index (χ4v) is 3.74. The monoisotopic (exact) mass is 380 g/mol. The Labute approximate surface area is 159 Å². The molecule has 0 aliphatic rings. The standard InChI is InChI=1S/C21H20N2O3S/c1-15-11-16(2)13-19(12-15)23-27(25,26)20-9-7-18(8-10-20)22-14-17-5-3-4-6-21(17)24/h3-14,23-24H,1-2H3. The normalized spacial score (nSPS) is 11.6. The summed E-state index contributed by atoms with van der Waals surface area (Å²) in [5.41, 5.74) is 3.69. The van der Waals surface area contributed by atoms with Crippen LogP contribution in [-0.2, 0) is 10.0 Å². The first-order valence-electron chi connectivity index (χ1n) is 8.37. The van der Waals surface area contributed by atoms with E-state index in [0.29, 0.717) is 16.9 Å². The van der Waals surface area contributed by atoms with Crippen molar-refractivity contribution in [3.63, 3.8) is 0 Å². The van der Waals surface area contributed by atoms with Gasteiger partial charge in [-0.3, -0.25) is 9.71 Å². The number of para-hydroxylation sites is 1. The van der Waals surface area contributed by atoms with E-state index in [1.165, 1.54) is 18.3 Å². The molecule has 5 nitrogen and oxygen atoms in total. The Morgan fingerprint density at radius 1 is 0.926 bits per heavy atom. The Morgan fingerprint density at radius 2 is 1.56 bits per heavy atom. The highest BCUT2D eigenvalue weighted by atomic mass is 32.2. The summed E-state index contributed by atoms with van der Waals surface area (Å²) in [5.74, 6) is 0.137. The third kappa shape index (κ3) is 4.74. The van der Waals surface area contributed by atoms with Crippen molar-refractivity contribution < 1.29 is 13.5 Å². The maximum Gasteiger partial charge on any atom is 0.261 e. The van der Waals surface area contributed by atoms with Crippen LogP contribution in [0.4, 0.5) is 11.4 Å². The van der Waals surface area contributed by atoms with E-state index < -0.39 is 10.0 Å². The number of phenols is 1. The van der Waals surface area contributed by atoms with Gasteiger partial charge in [0.25, 0.3) is 10.0 Å². The van der Waals surface area contributed by atoms with Gasteiger partial charge in [0.15, 0.2) is 0 Å². The average Bonchev–Trinajstić information content (AvgIpc) is 2.60. The predicted octanol–water partition coefficient (Wildman–Crippen LogP) is 4.56. The van der Waals surface area contributed by atoms with E-state index in [-0.39, 0.29) is 10.6 Å². The molecule has 0 amide bonds. The van der Waals surface area contributed by atoms with Crippen molar-refractivity contribution in [1.29, 1.82) is 0 Å². The Balaban J connectivity index is 1.78. The number of phenolic OH excluding ortho intramolecular Hbond substituents is 1. The molecule has 3 rings (SSSR count). The predicted molar refractivity (Wildman–Crippen MR) is 109 cm³/mol. The summed E-state index contributed by atoms with van der Waals surface area (Å²) in [4.78, 5) is 4.42. The van der Waals surface area contributed by atoms with Crippen LogP contribution in [0.15, 0.2) is 76.6 Å². The number of hydrogen-bond donors (Lipinski definition) is 2. The number of sulfonamides is 1. The molecule has 3 aromatic rings. The van der Waals surface area contributed by atoms with E-state index >= 15 is 0 Å². The van der Waals surface area contributed by atoms with E-state index in [2.05, 4.69) is 9.71 Å². The minimum Gasteiger partial charge on any atom is -0.507 e. The highest BCUT2D eigenvalue weighted by Gasteiger charge is 2.14. The lowest BCUT2D eigenvalue weighted by Gasteiger charge is -2.10. The molecule has 0 atom stereocenters. The number of anilines is 1. The van der Waals surface area contributed by atoms with E-state index in [1.807, 2.05) is 19.9 Å². The molecular formula is C21H20N2O3S. The molecule has 3 aromatic carbocycles. The van der Waals surface area contributed by atoms with Gasteiger partial charge in [-0.1, -0.05) is 18.2 Å². The van der Waals surface area contributed by atoms with Crippen LogP contribution in [0.1, 0.15) is 16.7 Å². The molecule has 0 bridgehead atoms. The van der Waals surface area contributed by atoms with Crippen molar-refractivity contribution >= 4 is 27.6 Å². The van der Waals surface area contributed by atoms with Gasteiger partial charge >= 0.3 is 0 Å². The third-order valence-electron chi connectivity index (χ3n) is 3.91. The highest BCUT2D eigenvalue weighted by Crippen LogP contribution is 2.22. The minimum atomic E-state index is -3.68. The van der Waals surface area contributed by atoms with Gasteiger partial charge in [0.05, 0.1) is 10.6 Å². The van der Waals surface area contributed by atoms with Crippen LogP contribution < -0.4 is 4.72 Å². The number of aryl methyl sites for hydroxylation is 2. The Kier molecular flexibility index (Phi) is 5.28. The molecule has 0 unspecified atom stereocenters. The summed E-state index contributed by atoms with van der Waals surface area (Å²) < 4.78 is 27.8. The van der Waals surface area contributed by atoms with Crippen LogP contribution in [0.5, 0.6) is 5.75 Å². The second kappa shape index (κ2) is 7.63. The fraction of sp³-hybridized carbons (Fsp3) is 0.0952. The van der Waals surface area contributed by atoms with Crippen LogP contribution in [0, 0.1) is 13.8 Å². The van der Waals surface area contributed by atoms with E-state index in [0.717, 1.165) is 11.1 Å². The number of rotatable bonds is 5. The van der Waals surface area contributed by atoms with E-state index in [1.54, 1.807) is 48.5 Å². The Morgan fingerprint density at radius 3 is 2.19 bits per heavy atom. The SMILES string of the molecule is Cc1cc(C)cc(NS(=O)(=O)c2ccc(N=Cc3ccccc3O)cc2)c1. The lowest BCUT2D eigenvalue weighted by Crippen LogP contribution is -2.13. The first kappa shape index (κ1) is 18.7. The van der Waals surface area contributed by atoms with E-state index in [9.17, 15) is 13.5 Å². The molecule has 0 fully saturated rings. The molecule has 0 aliphatic heterocycles. The molecule has 138 valence electrons. The maximum atomic E-state index is 12.6. The second-order valence-corrected chi connectivity index (χ2v) is 7.98. The fourth-order valence-electron chi connectivity index (χ4n) is 2.70. The first-order chi connectivity index (χ1) is 12.8. The number of aliphatic imine (C=N–C) groups is 1. The first-order valence-corrected chi connectivity index (χ1v) is 9.85. The van der Waals surface area contributed by atoms with E-state index in [4.69, 9.17) is 0 Å². The van der Waals surface area contributed by atoms with Gasteiger partial charge in [0.1, 0.15) is 5.75 Å². The largest absolute Gasteiger partial charge is 0.507 e. The topological polar surface area (TPSA) is 78.8 Å². The van der Waals surface area contributed by atoms with Crippen molar-refractivity contribution in [2.24, 2.45) is 4.99 Å². The van der Waals surface area contributed by atoms with Crippen LogP contribution in [0.3, 0.4) is 0 Å². The summed E-state index contributed by atoms with van der Waals surface area (Å²) in [5, 5.41) is 9.74. The van der Waals surface area contributed by atoms with Gasteiger partial charge < -0.3 is 5.11 Å². The zero-order chi connectivity index (χ0) is 19.4. The summed E-state index contributed by atoms with van der Waals surface area (Å²) in [6.45, 7) is 3.84. The number of aromatic hydroxyl groups is 1. The maximum absolute atomic E-state index is 12.6. The van der Waals surface area contributed by atoms with Crippen LogP contribution in [0.2, 0.25) is 0 Å². The zero-order valence-electron chi connectivity index (χ0n) is 15.0. The van der Waals surface area contributed by atoms with Crippen molar-refractivity contribution in [3.8, 4) is 5.75 Å². The molecule has 0 aliphatic carbocycles. The van der Waals surface area contributed by atoms with Gasteiger partial charge in [0.2, 0.25) is 0 Å². The Hall–Kier alpha value is -3.12. The van der Waals surface area contributed by atoms with Gasteiger partial charge in [-0.15, -0.1) is 0 Å². The van der Waals surface area contributed by atoms with Gasteiger partial charge in [-0.05, 0) is 73.5 Å². The highest BCUT2D eigenvalue weighted by molar-refractivity contribution is 7.92. The van der Waals surface area contributed by atoms with Crippen molar-refractivity contribution in [2.45, 2.75) is 18.7 Å². The molecule has 0 saturated heterocycles. The molecule has 0 radical (unpaired) electrons. The lowest BCUT2D eigenvalue weighted by atomic mass is 10.1. The Bertz CT molecular complexity index is 1070. The van der Waals surface area contributed by atoms with Crippen molar-refractivity contribution in [2.75, 3.05) is 4.72 Å². The minimum absolute atomic E-state index is 0.137. The smallest absolute Gasteiger partial charge is 0.261 e. The molecule has 0 heterocycles. The molecule has 0 saturated carbocycles. The van der Waals surface area contributed by atoms with Gasteiger partial charge in [0, 0.05) is 17.5 Å². The molecule has 2 N–H and O–H groups in total. The second-order valence-electron chi connectivity index (χ2n) is 6.29. The van der Waals surface area contributed by atoms with Crippen LogP contribution in [-0.4, -0.2) is 19.7 Å². The third-order valence-corrected chi connectivity index (χ3v) is 5.31.